The van der Waals surface area contributed by atoms with Gasteiger partial charge in [-0.1, -0.05) is 0 Å². The van der Waals surface area contributed by atoms with Gasteiger partial charge >= 0.3 is 0 Å². The van der Waals surface area contributed by atoms with Gasteiger partial charge in [0.15, 0.2) is 0 Å². The molecule has 1 saturated carbocycles. The van der Waals surface area contributed by atoms with Gasteiger partial charge in [0.05, 0.1) is 0 Å². The van der Waals surface area contributed by atoms with Crippen LogP contribution in [0.2, 0.25) is 0 Å². The van der Waals surface area contributed by atoms with Gasteiger partial charge in [0.1, 0.15) is 5.82 Å². The number of hydrogen-bond acceptors (Lipinski definition) is 2. The van der Waals surface area contributed by atoms with Crippen molar-refractivity contribution in [2.75, 3.05) is 5.32 Å². The van der Waals surface area contributed by atoms with Gasteiger partial charge in [-0.05, 0) is 49.9 Å². The van der Waals surface area contributed by atoms with Crippen LogP contribution in [0.5, 0.6) is 0 Å². The zero-order chi connectivity index (χ0) is 12.4. The highest BCUT2D eigenvalue weighted by atomic mass is 19.1. The summed E-state index contributed by atoms with van der Waals surface area (Å²) >= 11 is 0. The van der Waals surface area contributed by atoms with Crippen LogP contribution in [-0.2, 0) is 4.79 Å². The highest BCUT2D eigenvalue weighted by Gasteiger charge is 2.27. The molecule has 0 saturated heterocycles. The number of carbonyl (C=O) groups is 1. The van der Waals surface area contributed by atoms with Crippen molar-refractivity contribution >= 4 is 11.6 Å². The summed E-state index contributed by atoms with van der Waals surface area (Å²) in [6.07, 6.45) is 2.43. The smallest absolute Gasteiger partial charge is 0.227 e. The number of halogens is 1. The summed E-state index contributed by atoms with van der Waals surface area (Å²) in [5.74, 6) is -0.417. The van der Waals surface area contributed by atoms with Crippen LogP contribution in [0.3, 0.4) is 0 Å². The van der Waals surface area contributed by atoms with Crippen molar-refractivity contribution in [3.63, 3.8) is 0 Å². The van der Waals surface area contributed by atoms with E-state index in [-0.39, 0.29) is 23.7 Å². The predicted molar refractivity (Wildman–Crippen MR) is 65.1 cm³/mol. The minimum atomic E-state index is -0.330. The van der Waals surface area contributed by atoms with Gasteiger partial charge in [0.2, 0.25) is 5.91 Å². The van der Waals surface area contributed by atoms with E-state index in [1.807, 2.05) is 0 Å². The SMILES string of the molecule is Cc1cc(F)cc(NC(=O)C2CCC(N)C2)c1. The molecule has 1 aromatic rings. The van der Waals surface area contributed by atoms with Gasteiger partial charge in [-0.25, -0.2) is 4.39 Å². The number of amides is 1. The molecule has 2 atom stereocenters. The lowest BCUT2D eigenvalue weighted by molar-refractivity contribution is -0.119. The van der Waals surface area contributed by atoms with Crippen molar-refractivity contribution in [2.45, 2.75) is 32.2 Å². The number of nitrogens with two attached hydrogens (primary N) is 1. The maximum Gasteiger partial charge on any atom is 0.227 e. The molecule has 0 bridgehead atoms. The summed E-state index contributed by atoms with van der Waals surface area (Å²) in [6.45, 7) is 1.80. The minimum absolute atomic E-state index is 0.0337. The molecule has 0 aromatic heterocycles. The number of nitrogens with one attached hydrogen (secondary N) is 1. The van der Waals surface area contributed by atoms with Crippen molar-refractivity contribution in [2.24, 2.45) is 11.7 Å². The predicted octanol–water partition coefficient (Wildman–Crippen LogP) is 2.20. The molecule has 4 heteroatoms. The van der Waals surface area contributed by atoms with Gasteiger partial charge in [-0.2, -0.15) is 0 Å². The first kappa shape index (κ1) is 12.0. The number of hydrogen-bond donors (Lipinski definition) is 2. The summed E-state index contributed by atoms with van der Waals surface area (Å²) in [5, 5.41) is 2.75. The van der Waals surface area contributed by atoms with Crippen LogP contribution >= 0.6 is 0 Å². The van der Waals surface area contributed by atoms with Crippen LogP contribution in [-0.4, -0.2) is 11.9 Å². The van der Waals surface area contributed by atoms with Gasteiger partial charge < -0.3 is 11.1 Å². The third-order valence-corrected chi connectivity index (χ3v) is 3.15. The molecule has 2 rings (SSSR count). The van der Waals surface area contributed by atoms with E-state index in [1.165, 1.54) is 12.1 Å². The van der Waals surface area contributed by atoms with E-state index in [0.717, 1.165) is 24.8 Å². The molecule has 92 valence electrons. The Labute approximate surface area is 100 Å². The minimum Gasteiger partial charge on any atom is -0.328 e. The number of benzene rings is 1. The fraction of sp³-hybridized carbons (Fsp3) is 0.462. The zero-order valence-electron chi connectivity index (χ0n) is 9.87. The Morgan fingerprint density at radius 1 is 1.41 bits per heavy atom. The molecule has 0 heterocycles. The third-order valence-electron chi connectivity index (χ3n) is 3.15. The number of carbonyl (C=O) groups excluding carboxylic acids is 1. The lowest BCUT2D eigenvalue weighted by Crippen LogP contribution is -2.23. The van der Waals surface area contributed by atoms with E-state index in [0.29, 0.717) is 5.69 Å². The van der Waals surface area contributed by atoms with Crippen molar-refractivity contribution < 1.29 is 9.18 Å². The van der Waals surface area contributed by atoms with Crippen LogP contribution in [0, 0.1) is 18.7 Å². The molecule has 1 aromatic carbocycles. The normalized spacial score (nSPS) is 23.7. The fourth-order valence-electron chi connectivity index (χ4n) is 2.31. The summed E-state index contributed by atoms with van der Waals surface area (Å²) in [5.41, 5.74) is 7.08. The summed E-state index contributed by atoms with van der Waals surface area (Å²) in [7, 11) is 0. The van der Waals surface area contributed by atoms with Crippen LogP contribution in [0.25, 0.3) is 0 Å². The highest BCUT2D eigenvalue weighted by Crippen LogP contribution is 2.25. The van der Waals surface area contributed by atoms with E-state index in [1.54, 1.807) is 13.0 Å². The van der Waals surface area contributed by atoms with Crippen LogP contribution in [0.15, 0.2) is 18.2 Å². The molecule has 3 N–H and O–H groups in total. The first-order chi connectivity index (χ1) is 8.04. The zero-order valence-corrected chi connectivity index (χ0v) is 9.87. The molecule has 1 fully saturated rings. The van der Waals surface area contributed by atoms with Crippen molar-refractivity contribution in [1.29, 1.82) is 0 Å². The highest BCUT2D eigenvalue weighted by molar-refractivity contribution is 5.92. The Balaban J connectivity index is 2.03. The molecule has 0 aliphatic heterocycles. The Morgan fingerprint density at radius 3 is 2.76 bits per heavy atom. The molecule has 17 heavy (non-hydrogen) atoms. The first-order valence-corrected chi connectivity index (χ1v) is 5.88. The van der Waals surface area contributed by atoms with E-state index < -0.39 is 0 Å². The molecule has 0 spiro atoms. The average molecular weight is 236 g/mol. The second-order valence-corrected chi connectivity index (χ2v) is 4.78. The largest absolute Gasteiger partial charge is 0.328 e. The maximum absolute atomic E-state index is 13.1. The van der Waals surface area contributed by atoms with E-state index in [4.69, 9.17) is 5.73 Å². The Bertz CT molecular complexity index is 413. The van der Waals surface area contributed by atoms with Crippen LogP contribution in [0.1, 0.15) is 24.8 Å². The third kappa shape index (κ3) is 3.03. The number of rotatable bonds is 2. The average Bonchev–Trinajstić information content (AvgIpc) is 2.63. The lowest BCUT2D eigenvalue weighted by atomic mass is 10.1. The molecular weight excluding hydrogens is 219 g/mol. The van der Waals surface area contributed by atoms with Gasteiger partial charge in [0.25, 0.3) is 0 Å². The fourth-order valence-corrected chi connectivity index (χ4v) is 2.31. The Morgan fingerprint density at radius 2 is 2.18 bits per heavy atom. The molecule has 2 unspecified atom stereocenters. The summed E-state index contributed by atoms with van der Waals surface area (Å²) in [4.78, 5) is 11.9. The van der Waals surface area contributed by atoms with Gasteiger partial charge in [-0.15, -0.1) is 0 Å². The van der Waals surface area contributed by atoms with E-state index in [9.17, 15) is 9.18 Å². The molecule has 1 amide bonds. The summed E-state index contributed by atoms with van der Waals surface area (Å²) in [6, 6.07) is 4.65. The maximum atomic E-state index is 13.1. The van der Waals surface area contributed by atoms with Crippen LogP contribution < -0.4 is 11.1 Å². The lowest BCUT2D eigenvalue weighted by Gasteiger charge is -2.11. The second kappa shape index (κ2) is 4.84. The summed E-state index contributed by atoms with van der Waals surface area (Å²) < 4.78 is 13.1. The molecule has 0 radical (unpaired) electrons. The van der Waals surface area contributed by atoms with Gasteiger partial charge in [-0.3, -0.25) is 4.79 Å². The van der Waals surface area contributed by atoms with Gasteiger partial charge in [0, 0.05) is 17.6 Å². The quantitative estimate of drug-likeness (QED) is 0.827. The van der Waals surface area contributed by atoms with Crippen molar-refractivity contribution in [3.8, 4) is 0 Å². The molecule has 1 aliphatic carbocycles. The monoisotopic (exact) mass is 236 g/mol. The molecular formula is C13H17FN2O. The molecule has 3 nitrogen and oxygen atoms in total. The molecule has 1 aliphatic rings. The van der Waals surface area contributed by atoms with Crippen molar-refractivity contribution in [3.05, 3.63) is 29.6 Å². The Kier molecular flexibility index (Phi) is 3.43. The topological polar surface area (TPSA) is 55.1 Å². The van der Waals surface area contributed by atoms with E-state index in [2.05, 4.69) is 5.32 Å². The Hall–Kier alpha value is -1.42. The second-order valence-electron chi connectivity index (χ2n) is 4.78. The number of anilines is 1. The first-order valence-electron chi connectivity index (χ1n) is 5.88. The standard InChI is InChI=1S/C13H17FN2O/c1-8-4-10(14)7-12(5-8)16-13(17)9-2-3-11(15)6-9/h4-5,7,9,11H,2-3,6,15H2,1H3,(H,16,17). The van der Waals surface area contributed by atoms with E-state index >= 15 is 0 Å². The van der Waals surface area contributed by atoms with Crippen molar-refractivity contribution in [1.82, 2.24) is 0 Å². The van der Waals surface area contributed by atoms with Crippen LogP contribution in [0.4, 0.5) is 10.1 Å². The number of aryl methyl sites for hydroxylation is 1.